The average molecular weight is 494 g/mol. The lowest BCUT2D eigenvalue weighted by molar-refractivity contribution is -0.140. The van der Waals surface area contributed by atoms with E-state index in [2.05, 4.69) is 0 Å². The van der Waals surface area contributed by atoms with Crippen LogP contribution in [0, 0.1) is 13.8 Å². The summed E-state index contributed by atoms with van der Waals surface area (Å²) in [4.78, 5) is 29.0. The van der Waals surface area contributed by atoms with Gasteiger partial charge in [0, 0.05) is 10.4 Å². The van der Waals surface area contributed by atoms with E-state index >= 15 is 0 Å². The van der Waals surface area contributed by atoms with Crippen LogP contribution < -0.4 is 14.2 Å². The maximum absolute atomic E-state index is 13.3. The van der Waals surface area contributed by atoms with Crippen molar-refractivity contribution in [3.63, 3.8) is 0 Å². The van der Waals surface area contributed by atoms with Crippen LogP contribution in [-0.4, -0.2) is 43.0 Å². The summed E-state index contributed by atoms with van der Waals surface area (Å²) < 4.78 is 16.5. The first kappa shape index (κ1) is 24.3. The first-order chi connectivity index (χ1) is 16.8. The lowest BCUT2D eigenvalue weighted by atomic mass is 9.93. The third kappa shape index (κ3) is 4.37. The molecular formula is C27H27NO6S. The second-order valence-corrected chi connectivity index (χ2v) is 9.30. The van der Waals surface area contributed by atoms with Gasteiger partial charge in [-0.25, -0.2) is 0 Å². The minimum atomic E-state index is -0.854. The van der Waals surface area contributed by atoms with Crippen molar-refractivity contribution in [1.82, 2.24) is 4.90 Å². The molecule has 1 unspecified atom stereocenters. The normalized spacial score (nSPS) is 17.1. The Hall–Kier alpha value is -3.78. The van der Waals surface area contributed by atoms with E-state index in [0.29, 0.717) is 28.4 Å². The Balaban J connectivity index is 1.95. The summed E-state index contributed by atoms with van der Waals surface area (Å²) in [6.07, 6.45) is 0. The summed E-state index contributed by atoms with van der Waals surface area (Å²) in [7, 11) is 4.50. The van der Waals surface area contributed by atoms with Gasteiger partial charge in [0.25, 0.3) is 11.7 Å². The molecule has 182 valence electrons. The van der Waals surface area contributed by atoms with E-state index in [4.69, 9.17) is 14.2 Å². The minimum Gasteiger partial charge on any atom is -0.507 e. The summed E-state index contributed by atoms with van der Waals surface area (Å²) in [6.45, 7) is 4.11. The van der Waals surface area contributed by atoms with Gasteiger partial charge in [0.2, 0.25) is 5.75 Å². The Kier molecular flexibility index (Phi) is 6.84. The number of aliphatic hydroxyl groups excluding tert-OH is 1. The summed E-state index contributed by atoms with van der Waals surface area (Å²) in [5.41, 5.74) is 3.07. The molecule has 0 spiro atoms. The van der Waals surface area contributed by atoms with Crippen molar-refractivity contribution in [2.45, 2.75) is 26.4 Å². The van der Waals surface area contributed by atoms with E-state index in [1.165, 1.54) is 37.6 Å². The number of carbonyl (C=O) groups excluding carboxylic acids is 2. The summed E-state index contributed by atoms with van der Waals surface area (Å²) >= 11 is 1.49. The van der Waals surface area contributed by atoms with Crippen LogP contribution in [-0.2, 0) is 16.1 Å². The van der Waals surface area contributed by atoms with Crippen LogP contribution in [0.25, 0.3) is 5.76 Å². The van der Waals surface area contributed by atoms with Crippen LogP contribution in [0.4, 0.5) is 0 Å². The molecule has 0 radical (unpaired) electrons. The van der Waals surface area contributed by atoms with Crippen LogP contribution >= 0.6 is 11.3 Å². The van der Waals surface area contributed by atoms with Crippen molar-refractivity contribution in [1.29, 1.82) is 0 Å². The van der Waals surface area contributed by atoms with E-state index in [9.17, 15) is 14.7 Å². The highest BCUT2D eigenvalue weighted by Gasteiger charge is 2.46. The summed E-state index contributed by atoms with van der Waals surface area (Å²) in [5.74, 6) is -0.481. The lowest BCUT2D eigenvalue weighted by Gasteiger charge is -2.26. The number of hydrogen-bond donors (Lipinski definition) is 1. The van der Waals surface area contributed by atoms with Crippen LogP contribution in [0.3, 0.4) is 0 Å². The van der Waals surface area contributed by atoms with Crippen molar-refractivity contribution in [3.8, 4) is 17.2 Å². The molecule has 1 fully saturated rings. The largest absolute Gasteiger partial charge is 0.507 e. The van der Waals surface area contributed by atoms with Crippen molar-refractivity contribution < 1.29 is 28.9 Å². The van der Waals surface area contributed by atoms with Gasteiger partial charge in [0.05, 0.1) is 39.5 Å². The Morgan fingerprint density at radius 2 is 1.66 bits per heavy atom. The van der Waals surface area contributed by atoms with Gasteiger partial charge in [-0.1, -0.05) is 18.2 Å². The number of hydrogen-bond acceptors (Lipinski definition) is 7. The van der Waals surface area contributed by atoms with Crippen molar-refractivity contribution in [3.05, 3.63) is 80.5 Å². The number of likely N-dealkylation sites (tertiary alicyclic amines) is 1. The van der Waals surface area contributed by atoms with Gasteiger partial charge in [0.1, 0.15) is 5.76 Å². The van der Waals surface area contributed by atoms with Gasteiger partial charge < -0.3 is 24.2 Å². The Morgan fingerprint density at radius 3 is 2.20 bits per heavy atom. The zero-order valence-electron chi connectivity index (χ0n) is 20.2. The van der Waals surface area contributed by atoms with Crippen LogP contribution in [0.1, 0.15) is 33.2 Å². The predicted octanol–water partition coefficient (Wildman–Crippen LogP) is 5.01. The number of nitrogens with zero attached hydrogens (tertiary/aromatic N) is 1. The molecule has 1 atom stereocenters. The molecule has 0 aliphatic carbocycles. The molecule has 0 saturated carbocycles. The van der Waals surface area contributed by atoms with Crippen molar-refractivity contribution in [2.75, 3.05) is 21.3 Å². The standard InChI is InChI=1S/C27H27NO6S/c1-15-8-9-17(11-16(15)2)24(29)22-23(18-12-20(32-3)26(34-5)21(13-18)33-4)28(27(31)25(22)30)14-19-7-6-10-35-19/h6-13,23,29H,14H2,1-5H3/b24-22+. The van der Waals surface area contributed by atoms with Gasteiger partial charge in [0.15, 0.2) is 11.5 Å². The number of thiophene rings is 1. The van der Waals surface area contributed by atoms with Crippen LogP contribution in [0.2, 0.25) is 0 Å². The molecule has 1 amide bonds. The second kappa shape index (κ2) is 9.84. The third-order valence-electron chi connectivity index (χ3n) is 6.23. The molecule has 2 aromatic carbocycles. The molecule has 3 aromatic rings. The highest BCUT2D eigenvalue weighted by atomic mass is 32.1. The number of Topliss-reactive ketones (excluding diaryl/α,β-unsaturated/α-hetero) is 1. The topological polar surface area (TPSA) is 85.3 Å². The van der Waals surface area contributed by atoms with Gasteiger partial charge in [-0.2, -0.15) is 0 Å². The van der Waals surface area contributed by atoms with Gasteiger partial charge in [-0.3, -0.25) is 9.59 Å². The minimum absolute atomic E-state index is 0.0177. The van der Waals surface area contributed by atoms with Crippen molar-refractivity contribution >= 4 is 28.8 Å². The van der Waals surface area contributed by atoms with Crippen LogP contribution in [0.5, 0.6) is 17.2 Å². The van der Waals surface area contributed by atoms with Crippen LogP contribution in [0.15, 0.2) is 53.4 Å². The predicted molar refractivity (Wildman–Crippen MR) is 134 cm³/mol. The van der Waals surface area contributed by atoms with Gasteiger partial charge in [-0.05, 0) is 60.2 Å². The van der Waals surface area contributed by atoms with E-state index in [1.54, 1.807) is 18.2 Å². The summed E-state index contributed by atoms with van der Waals surface area (Å²) in [5, 5.41) is 13.3. The zero-order valence-corrected chi connectivity index (χ0v) is 21.1. The fourth-order valence-electron chi connectivity index (χ4n) is 4.26. The zero-order chi connectivity index (χ0) is 25.3. The number of ketones is 1. The maximum Gasteiger partial charge on any atom is 0.295 e. The molecular weight excluding hydrogens is 466 g/mol. The lowest BCUT2D eigenvalue weighted by Crippen LogP contribution is -2.29. The van der Waals surface area contributed by atoms with E-state index < -0.39 is 17.7 Å². The third-order valence-corrected chi connectivity index (χ3v) is 7.09. The first-order valence-electron chi connectivity index (χ1n) is 11.0. The molecule has 35 heavy (non-hydrogen) atoms. The SMILES string of the molecule is COc1cc(C2/C(=C(\O)c3ccc(C)c(C)c3)C(=O)C(=O)N2Cc2cccs2)cc(OC)c1OC. The van der Waals surface area contributed by atoms with Crippen molar-refractivity contribution in [2.24, 2.45) is 0 Å². The van der Waals surface area contributed by atoms with E-state index in [0.717, 1.165) is 16.0 Å². The quantitative estimate of drug-likeness (QED) is 0.283. The Bertz CT molecular complexity index is 1290. The second-order valence-electron chi connectivity index (χ2n) is 8.26. The molecule has 1 aliphatic rings. The van der Waals surface area contributed by atoms with Gasteiger partial charge in [-0.15, -0.1) is 11.3 Å². The number of carbonyl (C=O) groups is 2. The number of rotatable bonds is 7. The number of aliphatic hydroxyl groups is 1. The first-order valence-corrected chi connectivity index (χ1v) is 11.9. The van der Waals surface area contributed by atoms with E-state index in [1.807, 2.05) is 43.5 Å². The monoisotopic (exact) mass is 493 g/mol. The molecule has 1 N–H and O–H groups in total. The molecule has 1 aromatic heterocycles. The highest BCUT2D eigenvalue weighted by Crippen LogP contribution is 2.46. The number of aryl methyl sites for hydroxylation is 2. The average Bonchev–Trinajstić information content (AvgIpc) is 3.46. The fourth-order valence-corrected chi connectivity index (χ4v) is 4.97. The molecule has 2 heterocycles. The number of amides is 1. The Labute approximate surface area is 208 Å². The molecule has 8 heteroatoms. The molecule has 1 aliphatic heterocycles. The molecule has 0 bridgehead atoms. The number of ether oxygens (including phenoxy) is 3. The summed E-state index contributed by atoms with van der Waals surface area (Å²) in [6, 6.07) is 11.8. The smallest absolute Gasteiger partial charge is 0.295 e. The highest BCUT2D eigenvalue weighted by molar-refractivity contribution is 7.09. The van der Waals surface area contributed by atoms with E-state index in [-0.39, 0.29) is 17.9 Å². The Morgan fingerprint density at radius 1 is 0.971 bits per heavy atom. The maximum atomic E-state index is 13.3. The number of methoxy groups -OCH3 is 3. The molecule has 1 saturated heterocycles. The molecule has 7 nitrogen and oxygen atoms in total. The van der Waals surface area contributed by atoms with Gasteiger partial charge >= 0.3 is 0 Å². The molecule has 4 rings (SSSR count). The fraction of sp³-hybridized carbons (Fsp3) is 0.259. The number of benzene rings is 2.